The van der Waals surface area contributed by atoms with Crippen LogP contribution in [0.1, 0.15) is 38.3 Å². The summed E-state index contributed by atoms with van der Waals surface area (Å²) >= 11 is 0. The number of hydrogen-bond acceptors (Lipinski definition) is 3. The molecule has 0 atom stereocenters. The minimum absolute atomic E-state index is 0.0114. The Kier molecular flexibility index (Phi) is 5.97. The van der Waals surface area contributed by atoms with Crippen LogP contribution in [0.25, 0.3) is 0 Å². The van der Waals surface area contributed by atoms with Crippen LogP contribution in [0.3, 0.4) is 0 Å². The van der Waals surface area contributed by atoms with Gasteiger partial charge in [-0.25, -0.2) is 8.42 Å². The van der Waals surface area contributed by atoms with Crippen molar-refractivity contribution in [2.45, 2.75) is 45.5 Å². The fraction of sp³-hybridized carbons (Fsp3) is 0.571. The summed E-state index contributed by atoms with van der Waals surface area (Å²) in [7, 11) is -3.27. The maximum absolute atomic E-state index is 12.4. The predicted octanol–water partition coefficient (Wildman–Crippen LogP) is 2.10. The van der Waals surface area contributed by atoms with Gasteiger partial charge in [-0.3, -0.25) is 0 Å². The van der Waals surface area contributed by atoms with E-state index in [0.29, 0.717) is 13.1 Å². The lowest BCUT2D eigenvalue weighted by atomic mass is 10.1. The number of sulfonamides is 1. The lowest BCUT2D eigenvalue weighted by Gasteiger charge is -2.25. The molecule has 0 heterocycles. The summed E-state index contributed by atoms with van der Waals surface area (Å²) < 4.78 is 26.4. The molecule has 0 saturated carbocycles. The summed E-state index contributed by atoms with van der Waals surface area (Å²) in [5.41, 5.74) is 7.33. The maximum atomic E-state index is 12.4. The summed E-state index contributed by atoms with van der Waals surface area (Å²) in [6, 6.07) is 7.45. The predicted molar refractivity (Wildman–Crippen MR) is 79.1 cm³/mol. The fourth-order valence-electron chi connectivity index (χ4n) is 2.08. The van der Waals surface area contributed by atoms with E-state index in [9.17, 15) is 8.42 Å². The molecule has 1 aromatic rings. The number of nitrogens with two attached hydrogens (primary N) is 1. The summed E-state index contributed by atoms with van der Waals surface area (Å²) in [6.45, 7) is 6.79. The van der Waals surface area contributed by atoms with Gasteiger partial charge in [-0.15, -0.1) is 0 Å². The topological polar surface area (TPSA) is 63.4 Å². The number of hydrogen-bond donors (Lipinski definition) is 1. The van der Waals surface area contributed by atoms with Crippen molar-refractivity contribution in [1.82, 2.24) is 4.31 Å². The van der Waals surface area contributed by atoms with E-state index < -0.39 is 10.0 Å². The molecule has 19 heavy (non-hydrogen) atoms. The first kappa shape index (κ1) is 16.1. The Labute approximate surface area is 116 Å². The van der Waals surface area contributed by atoms with Gasteiger partial charge in [0, 0.05) is 19.1 Å². The standard InChI is InChI=1S/C14H24N2O2S/c1-4-8-16(12(2)3)19(17,18)11-14-7-5-6-13(9-14)10-15/h5-7,9,12H,4,8,10-11,15H2,1-3H3. The third-order valence-corrected chi connectivity index (χ3v) is 4.97. The average molecular weight is 284 g/mol. The summed E-state index contributed by atoms with van der Waals surface area (Å²) in [4.78, 5) is 0. The zero-order chi connectivity index (χ0) is 14.5. The van der Waals surface area contributed by atoms with E-state index in [1.165, 1.54) is 0 Å². The minimum Gasteiger partial charge on any atom is -0.326 e. The Morgan fingerprint density at radius 3 is 2.42 bits per heavy atom. The van der Waals surface area contributed by atoms with E-state index in [0.717, 1.165) is 17.5 Å². The molecular weight excluding hydrogens is 260 g/mol. The Bertz CT molecular complexity index is 498. The Balaban J connectivity index is 2.93. The molecule has 2 N–H and O–H groups in total. The molecule has 1 aromatic carbocycles. The highest BCUT2D eigenvalue weighted by molar-refractivity contribution is 7.88. The molecule has 0 spiro atoms. The van der Waals surface area contributed by atoms with Gasteiger partial charge < -0.3 is 5.73 Å². The largest absolute Gasteiger partial charge is 0.326 e. The first-order valence-corrected chi connectivity index (χ1v) is 8.29. The zero-order valence-electron chi connectivity index (χ0n) is 12.0. The lowest BCUT2D eigenvalue weighted by Crippen LogP contribution is -2.38. The molecule has 0 aliphatic rings. The number of rotatable bonds is 7. The highest BCUT2D eigenvalue weighted by Gasteiger charge is 2.24. The van der Waals surface area contributed by atoms with Crippen molar-refractivity contribution in [3.05, 3.63) is 35.4 Å². The van der Waals surface area contributed by atoms with Crippen molar-refractivity contribution < 1.29 is 8.42 Å². The van der Waals surface area contributed by atoms with E-state index in [1.54, 1.807) is 4.31 Å². The number of nitrogens with zero attached hydrogens (tertiary/aromatic N) is 1. The molecule has 0 aromatic heterocycles. The van der Waals surface area contributed by atoms with Crippen molar-refractivity contribution in [2.24, 2.45) is 5.73 Å². The third kappa shape index (κ3) is 4.60. The van der Waals surface area contributed by atoms with Crippen LogP contribution >= 0.6 is 0 Å². The van der Waals surface area contributed by atoms with Gasteiger partial charge in [0.05, 0.1) is 5.75 Å². The Morgan fingerprint density at radius 1 is 1.26 bits per heavy atom. The SMILES string of the molecule is CCCN(C(C)C)S(=O)(=O)Cc1cccc(CN)c1. The first-order chi connectivity index (χ1) is 8.90. The molecule has 0 fully saturated rings. The van der Waals surface area contributed by atoms with Crippen molar-refractivity contribution >= 4 is 10.0 Å². The smallest absolute Gasteiger partial charge is 0.218 e. The summed E-state index contributed by atoms with van der Waals surface area (Å²) in [6.07, 6.45) is 0.820. The van der Waals surface area contributed by atoms with E-state index in [-0.39, 0.29) is 11.8 Å². The van der Waals surface area contributed by atoms with Gasteiger partial charge in [0.25, 0.3) is 0 Å². The molecular formula is C14H24N2O2S. The van der Waals surface area contributed by atoms with E-state index >= 15 is 0 Å². The lowest BCUT2D eigenvalue weighted by molar-refractivity contribution is 0.353. The van der Waals surface area contributed by atoms with E-state index in [4.69, 9.17) is 5.73 Å². The quantitative estimate of drug-likeness (QED) is 0.834. The maximum Gasteiger partial charge on any atom is 0.218 e. The van der Waals surface area contributed by atoms with Crippen molar-refractivity contribution in [3.8, 4) is 0 Å². The molecule has 4 nitrogen and oxygen atoms in total. The Hall–Kier alpha value is -0.910. The van der Waals surface area contributed by atoms with E-state index in [2.05, 4.69) is 0 Å². The van der Waals surface area contributed by atoms with Gasteiger partial charge in [0.1, 0.15) is 0 Å². The molecule has 108 valence electrons. The second-order valence-corrected chi connectivity index (χ2v) is 6.91. The molecule has 0 bridgehead atoms. The molecule has 0 amide bonds. The summed E-state index contributed by atoms with van der Waals surface area (Å²) in [5, 5.41) is 0. The van der Waals surface area contributed by atoms with Crippen LogP contribution in [0, 0.1) is 0 Å². The van der Waals surface area contributed by atoms with E-state index in [1.807, 2.05) is 45.0 Å². The molecule has 0 aliphatic carbocycles. The minimum atomic E-state index is -3.27. The van der Waals surface area contributed by atoms with Crippen molar-refractivity contribution in [2.75, 3.05) is 6.54 Å². The fourth-order valence-corrected chi connectivity index (χ4v) is 3.95. The monoisotopic (exact) mass is 284 g/mol. The average Bonchev–Trinajstić information content (AvgIpc) is 2.35. The van der Waals surface area contributed by atoms with Gasteiger partial charge in [0.2, 0.25) is 10.0 Å². The molecule has 0 radical (unpaired) electrons. The second-order valence-electron chi connectivity index (χ2n) is 4.98. The van der Waals surface area contributed by atoms with Gasteiger partial charge in [-0.1, -0.05) is 31.2 Å². The van der Waals surface area contributed by atoms with Crippen LogP contribution in [0.15, 0.2) is 24.3 Å². The van der Waals surface area contributed by atoms with Gasteiger partial charge >= 0.3 is 0 Å². The number of benzene rings is 1. The molecule has 5 heteroatoms. The van der Waals surface area contributed by atoms with Crippen LogP contribution in [-0.4, -0.2) is 25.3 Å². The van der Waals surface area contributed by atoms with Crippen LogP contribution < -0.4 is 5.73 Å². The van der Waals surface area contributed by atoms with Gasteiger partial charge in [-0.05, 0) is 31.4 Å². The summed E-state index contributed by atoms with van der Waals surface area (Å²) in [5.74, 6) is 0.0407. The first-order valence-electron chi connectivity index (χ1n) is 6.68. The third-order valence-electron chi connectivity index (χ3n) is 2.95. The van der Waals surface area contributed by atoms with Crippen LogP contribution in [0.2, 0.25) is 0 Å². The molecule has 0 unspecified atom stereocenters. The highest BCUT2D eigenvalue weighted by Crippen LogP contribution is 2.15. The van der Waals surface area contributed by atoms with Crippen molar-refractivity contribution in [3.63, 3.8) is 0 Å². The molecule has 0 saturated heterocycles. The molecule has 0 aliphatic heterocycles. The zero-order valence-corrected chi connectivity index (χ0v) is 12.8. The van der Waals surface area contributed by atoms with Crippen LogP contribution in [-0.2, 0) is 22.3 Å². The normalized spacial score (nSPS) is 12.3. The van der Waals surface area contributed by atoms with Gasteiger partial charge in [0.15, 0.2) is 0 Å². The highest BCUT2D eigenvalue weighted by atomic mass is 32.2. The molecule has 1 rings (SSSR count). The van der Waals surface area contributed by atoms with Crippen molar-refractivity contribution in [1.29, 1.82) is 0 Å². The van der Waals surface area contributed by atoms with Gasteiger partial charge in [-0.2, -0.15) is 4.31 Å². The van der Waals surface area contributed by atoms with Crippen LogP contribution in [0.5, 0.6) is 0 Å². The van der Waals surface area contributed by atoms with Crippen LogP contribution in [0.4, 0.5) is 0 Å². The Morgan fingerprint density at radius 2 is 1.89 bits per heavy atom. The second kappa shape index (κ2) is 7.03.